The summed E-state index contributed by atoms with van der Waals surface area (Å²) in [6.45, 7) is 0.153. The Morgan fingerprint density at radius 1 is 1.20 bits per heavy atom. The number of nitro benzene ring substituents is 1. The van der Waals surface area contributed by atoms with Crippen molar-refractivity contribution >= 4 is 11.4 Å². The smallest absolute Gasteiger partial charge is 0.292 e. The molecule has 0 heterocycles. The van der Waals surface area contributed by atoms with Crippen LogP contribution in [-0.2, 0) is 6.61 Å². The Hall–Kier alpha value is -2.76. The molecule has 0 aliphatic rings. The fourth-order valence-corrected chi connectivity index (χ4v) is 1.74. The quantitative estimate of drug-likeness (QED) is 0.514. The monoisotopic (exact) mass is 274 g/mol. The lowest BCUT2D eigenvalue weighted by atomic mass is 10.1. The molecule has 2 N–H and O–H groups in total. The molecule has 0 spiro atoms. The van der Waals surface area contributed by atoms with Crippen LogP contribution in [0.25, 0.3) is 0 Å². The normalized spacial score (nSPS) is 10.1. The Balaban J connectivity index is 2.14. The van der Waals surface area contributed by atoms with Crippen LogP contribution in [-0.4, -0.2) is 12.0 Å². The van der Waals surface area contributed by atoms with Gasteiger partial charge in [0, 0.05) is 17.7 Å². The van der Waals surface area contributed by atoms with E-state index in [2.05, 4.69) is 0 Å². The lowest BCUT2D eigenvalue weighted by Crippen LogP contribution is -2.03. The van der Waals surface area contributed by atoms with Gasteiger partial charge in [0.05, 0.1) is 12.0 Å². The second-order valence-electron chi connectivity index (χ2n) is 4.07. The van der Waals surface area contributed by atoms with Crippen molar-refractivity contribution in [2.45, 2.75) is 6.61 Å². The zero-order valence-corrected chi connectivity index (χ0v) is 10.9. The maximum absolute atomic E-state index is 10.8. The van der Waals surface area contributed by atoms with Crippen molar-refractivity contribution in [2.24, 2.45) is 0 Å². The Morgan fingerprint density at radius 3 is 2.60 bits per heavy atom. The Kier molecular flexibility index (Phi) is 4.05. The van der Waals surface area contributed by atoms with Gasteiger partial charge < -0.3 is 15.2 Å². The lowest BCUT2D eigenvalue weighted by Gasteiger charge is -2.09. The molecule has 2 aromatic rings. The third-order valence-corrected chi connectivity index (χ3v) is 2.81. The molecule has 0 aliphatic heterocycles. The van der Waals surface area contributed by atoms with Gasteiger partial charge in [-0.15, -0.1) is 0 Å². The molecule has 0 fully saturated rings. The minimum absolute atomic E-state index is 0.114. The highest BCUT2D eigenvalue weighted by Gasteiger charge is 2.14. The van der Waals surface area contributed by atoms with Crippen LogP contribution >= 0.6 is 0 Å². The van der Waals surface area contributed by atoms with Gasteiger partial charge in [0.15, 0.2) is 0 Å². The molecular formula is C14H14N2O4. The minimum Gasteiger partial charge on any atom is -0.497 e. The number of nitrogens with zero attached hydrogens (tertiary/aromatic N) is 1. The second kappa shape index (κ2) is 5.92. The highest BCUT2D eigenvalue weighted by molar-refractivity contribution is 5.62. The molecular weight excluding hydrogens is 260 g/mol. The number of para-hydroxylation sites is 1. The lowest BCUT2D eigenvalue weighted by molar-refractivity contribution is -0.384. The van der Waals surface area contributed by atoms with Crippen molar-refractivity contribution in [3.63, 3.8) is 0 Å². The van der Waals surface area contributed by atoms with Crippen LogP contribution in [0.1, 0.15) is 5.56 Å². The molecule has 0 bridgehead atoms. The van der Waals surface area contributed by atoms with E-state index in [4.69, 9.17) is 15.2 Å². The molecule has 0 amide bonds. The molecule has 0 atom stereocenters. The second-order valence-corrected chi connectivity index (χ2v) is 4.07. The highest BCUT2D eigenvalue weighted by Crippen LogP contribution is 2.26. The predicted octanol–water partition coefficient (Wildman–Crippen LogP) is 2.76. The van der Waals surface area contributed by atoms with E-state index in [0.717, 1.165) is 0 Å². The first-order chi connectivity index (χ1) is 9.61. The van der Waals surface area contributed by atoms with Crippen LogP contribution in [0.2, 0.25) is 0 Å². The molecule has 2 aromatic carbocycles. The maximum Gasteiger partial charge on any atom is 0.292 e. The van der Waals surface area contributed by atoms with Crippen LogP contribution in [0, 0.1) is 10.1 Å². The van der Waals surface area contributed by atoms with E-state index in [-0.39, 0.29) is 18.0 Å². The van der Waals surface area contributed by atoms with Gasteiger partial charge in [0.1, 0.15) is 23.8 Å². The summed E-state index contributed by atoms with van der Waals surface area (Å²) in [5.41, 5.74) is 6.34. The molecule has 2 rings (SSSR count). The number of methoxy groups -OCH3 is 1. The van der Waals surface area contributed by atoms with E-state index >= 15 is 0 Å². The molecule has 104 valence electrons. The summed E-state index contributed by atoms with van der Waals surface area (Å²) < 4.78 is 10.7. The van der Waals surface area contributed by atoms with Gasteiger partial charge in [-0.2, -0.15) is 0 Å². The van der Waals surface area contributed by atoms with Crippen LogP contribution in [0.3, 0.4) is 0 Å². The van der Waals surface area contributed by atoms with E-state index in [1.165, 1.54) is 6.07 Å². The largest absolute Gasteiger partial charge is 0.497 e. The molecule has 0 aromatic heterocycles. The maximum atomic E-state index is 10.8. The SMILES string of the molecule is COc1cccc(OCc2cccc([N+](=O)[O-])c2N)c1. The van der Waals surface area contributed by atoms with Crippen LogP contribution in [0.4, 0.5) is 11.4 Å². The highest BCUT2D eigenvalue weighted by atomic mass is 16.6. The first-order valence-electron chi connectivity index (χ1n) is 5.90. The van der Waals surface area contributed by atoms with Crippen molar-refractivity contribution in [1.82, 2.24) is 0 Å². The molecule has 0 radical (unpaired) electrons. The number of rotatable bonds is 5. The number of nitrogens with two attached hydrogens (primary N) is 1. The Labute approximate surface area is 115 Å². The van der Waals surface area contributed by atoms with Crippen molar-refractivity contribution in [2.75, 3.05) is 12.8 Å². The number of hydrogen-bond acceptors (Lipinski definition) is 5. The number of hydrogen-bond donors (Lipinski definition) is 1. The van der Waals surface area contributed by atoms with Gasteiger partial charge in [-0.3, -0.25) is 10.1 Å². The molecule has 6 heteroatoms. The molecule has 0 unspecified atom stereocenters. The van der Waals surface area contributed by atoms with Gasteiger partial charge in [0.25, 0.3) is 5.69 Å². The topological polar surface area (TPSA) is 87.6 Å². The molecule has 20 heavy (non-hydrogen) atoms. The first kappa shape index (κ1) is 13.7. The Bertz CT molecular complexity index is 628. The number of nitrogen functional groups attached to an aromatic ring is 1. The summed E-state index contributed by atoms with van der Waals surface area (Å²) in [7, 11) is 1.57. The van der Waals surface area contributed by atoms with Crippen molar-refractivity contribution in [1.29, 1.82) is 0 Å². The molecule has 0 saturated carbocycles. The zero-order chi connectivity index (χ0) is 14.5. The van der Waals surface area contributed by atoms with Gasteiger partial charge >= 0.3 is 0 Å². The van der Waals surface area contributed by atoms with E-state index in [9.17, 15) is 10.1 Å². The molecule has 6 nitrogen and oxygen atoms in total. The van der Waals surface area contributed by atoms with Crippen LogP contribution in [0.5, 0.6) is 11.5 Å². The zero-order valence-electron chi connectivity index (χ0n) is 10.9. The standard InChI is InChI=1S/C14H14N2O4/c1-19-11-5-3-6-12(8-11)20-9-10-4-2-7-13(14(10)15)16(17)18/h2-8H,9,15H2,1H3. The van der Waals surface area contributed by atoms with Gasteiger partial charge in [-0.25, -0.2) is 0 Å². The number of nitro groups is 1. The molecule has 0 aliphatic carbocycles. The minimum atomic E-state index is -0.510. The number of anilines is 1. The third-order valence-electron chi connectivity index (χ3n) is 2.81. The summed E-state index contributed by atoms with van der Waals surface area (Å²) >= 11 is 0. The van der Waals surface area contributed by atoms with Crippen molar-refractivity contribution < 1.29 is 14.4 Å². The average molecular weight is 274 g/mol. The molecule has 0 saturated heterocycles. The predicted molar refractivity (Wildman–Crippen MR) is 74.8 cm³/mol. The Morgan fingerprint density at radius 2 is 1.90 bits per heavy atom. The summed E-state index contributed by atoms with van der Waals surface area (Å²) in [6.07, 6.45) is 0. The first-order valence-corrected chi connectivity index (χ1v) is 5.90. The summed E-state index contributed by atoms with van der Waals surface area (Å²) in [6, 6.07) is 11.7. The number of ether oxygens (including phenoxy) is 2. The van der Waals surface area contributed by atoms with Gasteiger partial charge in [-0.05, 0) is 12.1 Å². The fraction of sp³-hybridized carbons (Fsp3) is 0.143. The summed E-state index contributed by atoms with van der Waals surface area (Å²) in [5.74, 6) is 1.28. The van der Waals surface area contributed by atoms with Gasteiger partial charge in [-0.1, -0.05) is 18.2 Å². The van der Waals surface area contributed by atoms with E-state index < -0.39 is 4.92 Å². The van der Waals surface area contributed by atoms with Crippen LogP contribution < -0.4 is 15.2 Å². The van der Waals surface area contributed by atoms with E-state index in [0.29, 0.717) is 17.1 Å². The van der Waals surface area contributed by atoms with Crippen LogP contribution in [0.15, 0.2) is 42.5 Å². The summed E-state index contributed by atoms with van der Waals surface area (Å²) in [5, 5.41) is 10.8. The average Bonchev–Trinajstić information content (AvgIpc) is 2.46. The van der Waals surface area contributed by atoms with E-state index in [1.807, 2.05) is 0 Å². The summed E-state index contributed by atoms with van der Waals surface area (Å²) in [4.78, 5) is 10.3. The number of benzene rings is 2. The van der Waals surface area contributed by atoms with E-state index in [1.54, 1.807) is 43.5 Å². The van der Waals surface area contributed by atoms with Gasteiger partial charge in [0.2, 0.25) is 0 Å². The third kappa shape index (κ3) is 2.97. The fourth-order valence-electron chi connectivity index (χ4n) is 1.74. The van der Waals surface area contributed by atoms with Crippen molar-refractivity contribution in [3.8, 4) is 11.5 Å². The van der Waals surface area contributed by atoms with Crippen molar-refractivity contribution in [3.05, 3.63) is 58.1 Å².